The largest absolute Gasteiger partial charge is 0.172 e. The second-order valence-corrected chi connectivity index (χ2v) is 10.3. The smallest absolute Gasteiger partial charge is 0.113 e. The molecule has 0 aliphatic rings. The van der Waals surface area contributed by atoms with Gasteiger partial charge in [-0.25, -0.2) is 0 Å². The van der Waals surface area contributed by atoms with E-state index in [4.69, 9.17) is 0 Å². The van der Waals surface area contributed by atoms with E-state index < -0.39 is 0 Å². The molecule has 154 valence electrons. The van der Waals surface area contributed by atoms with E-state index in [-0.39, 0.29) is 10.8 Å². The van der Waals surface area contributed by atoms with Crippen LogP contribution in [-0.4, -0.2) is 8.75 Å². The van der Waals surface area contributed by atoms with E-state index in [2.05, 4.69) is 111 Å². The zero-order valence-electron chi connectivity index (χ0n) is 18.8. The van der Waals surface area contributed by atoms with Crippen molar-refractivity contribution < 1.29 is 0 Å². The van der Waals surface area contributed by atoms with Crippen LogP contribution in [0.25, 0.3) is 33.3 Å². The van der Waals surface area contributed by atoms with E-state index >= 15 is 0 Å². The predicted octanol–water partition coefficient (Wildman–Crippen LogP) is 8.01. The lowest BCUT2D eigenvalue weighted by molar-refractivity contribution is 0.506. The quantitative estimate of drug-likeness (QED) is 0.338. The van der Waals surface area contributed by atoms with Crippen molar-refractivity contribution in [1.82, 2.24) is 8.75 Å². The van der Waals surface area contributed by atoms with E-state index in [1.807, 2.05) is 0 Å². The van der Waals surface area contributed by atoms with Crippen molar-refractivity contribution in [2.24, 2.45) is 0 Å². The molecule has 30 heavy (non-hydrogen) atoms. The standard InChI is InChI=1S/C27H30N2S/c1-7-27(5,6)21-14-10-19(11-15-21)23-17-16-22(24-25(23)29-30-28-24)18-8-12-20(13-9-18)26(2,3)4/h8-17H,7H2,1-6H3. The van der Waals surface area contributed by atoms with E-state index in [0.717, 1.165) is 28.6 Å². The van der Waals surface area contributed by atoms with Crippen molar-refractivity contribution >= 4 is 22.8 Å². The van der Waals surface area contributed by atoms with E-state index in [1.54, 1.807) is 0 Å². The number of nitrogens with zero attached hydrogens (tertiary/aromatic N) is 2. The van der Waals surface area contributed by atoms with E-state index in [0.29, 0.717) is 0 Å². The van der Waals surface area contributed by atoms with Gasteiger partial charge in [0.05, 0.1) is 11.7 Å². The first-order valence-corrected chi connectivity index (χ1v) is 11.4. The van der Waals surface area contributed by atoms with Gasteiger partial charge in [0.1, 0.15) is 11.0 Å². The van der Waals surface area contributed by atoms with Crippen LogP contribution in [0.1, 0.15) is 59.1 Å². The minimum atomic E-state index is 0.151. The molecule has 0 aliphatic carbocycles. The molecule has 0 unspecified atom stereocenters. The third kappa shape index (κ3) is 3.79. The van der Waals surface area contributed by atoms with Gasteiger partial charge in [-0.3, -0.25) is 0 Å². The Labute approximate surface area is 184 Å². The third-order valence-electron chi connectivity index (χ3n) is 6.34. The molecule has 3 aromatic carbocycles. The maximum absolute atomic E-state index is 4.66. The highest BCUT2D eigenvalue weighted by molar-refractivity contribution is 7.00. The Kier molecular flexibility index (Phi) is 5.27. The number of rotatable bonds is 4. The Hall–Kier alpha value is -2.52. The molecule has 1 aromatic heterocycles. The Morgan fingerprint density at radius 1 is 0.633 bits per heavy atom. The number of aromatic nitrogens is 2. The molecule has 0 atom stereocenters. The summed E-state index contributed by atoms with van der Waals surface area (Å²) in [5.41, 5.74) is 9.70. The van der Waals surface area contributed by atoms with Crippen LogP contribution in [0.5, 0.6) is 0 Å². The first-order chi connectivity index (χ1) is 14.2. The van der Waals surface area contributed by atoms with Crippen LogP contribution >= 0.6 is 11.7 Å². The highest BCUT2D eigenvalue weighted by Crippen LogP contribution is 2.36. The van der Waals surface area contributed by atoms with Crippen LogP contribution < -0.4 is 0 Å². The van der Waals surface area contributed by atoms with Crippen LogP contribution in [0.15, 0.2) is 60.7 Å². The van der Waals surface area contributed by atoms with E-state index in [1.165, 1.54) is 34.0 Å². The van der Waals surface area contributed by atoms with Gasteiger partial charge >= 0.3 is 0 Å². The van der Waals surface area contributed by atoms with Gasteiger partial charge in [0.15, 0.2) is 0 Å². The average Bonchev–Trinajstić information content (AvgIpc) is 3.22. The predicted molar refractivity (Wildman–Crippen MR) is 130 cm³/mol. The Bertz CT molecular complexity index is 1160. The molecule has 0 bridgehead atoms. The molecule has 4 aromatic rings. The Morgan fingerprint density at radius 2 is 1.07 bits per heavy atom. The van der Waals surface area contributed by atoms with Gasteiger partial charge in [0.25, 0.3) is 0 Å². The molecule has 1 heterocycles. The Morgan fingerprint density at radius 3 is 1.47 bits per heavy atom. The second-order valence-electron chi connectivity index (χ2n) is 9.76. The van der Waals surface area contributed by atoms with Gasteiger partial charge in [-0.1, -0.05) is 102 Å². The van der Waals surface area contributed by atoms with Gasteiger partial charge < -0.3 is 0 Å². The number of hydrogen-bond donors (Lipinski definition) is 0. The van der Waals surface area contributed by atoms with Crippen molar-refractivity contribution in [3.05, 3.63) is 71.8 Å². The van der Waals surface area contributed by atoms with Crippen LogP contribution in [0.2, 0.25) is 0 Å². The number of hydrogen-bond acceptors (Lipinski definition) is 3. The minimum absolute atomic E-state index is 0.151. The van der Waals surface area contributed by atoms with Crippen LogP contribution in [0.4, 0.5) is 0 Å². The highest BCUT2D eigenvalue weighted by atomic mass is 32.1. The van der Waals surface area contributed by atoms with Crippen LogP contribution in [0, 0.1) is 0 Å². The Balaban J connectivity index is 1.75. The lowest BCUT2D eigenvalue weighted by Gasteiger charge is -2.23. The molecular formula is C27H30N2S. The minimum Gasteiger partial charge on any atom is -0.172 e. The SMILES string of the molecule is CCC(C)(C)c1ccc(-c2ccc(-c3ccc(C(C)(C)C)cc3)c3nsnc23)cc1. The van der Waals surface area contributed by atoms with Crippen LogP contribution in [0.3, 0.4) is 0 Å². The van der Waals surface area contributed by atoms with Gasteiger partial charge in [0, 0.05) is 11.1 Å². The summed E-state index contributed by atoms with van der Waals surface area (Å²) in [4.78, 5) is 0. The average molecular weight is 415 g/mol. The number of benzene rings is 3. The van der Waals surface area contributed by atoms with Gasteiger partial charge in [-0.05, 0) is 39.5 Å². The first-order valence-electron chi connectivity index (χ1n) is 10.7. The second kappa shape index (κ2) is 7.63. The molecular weight excluding hydrogens is 384 g/mol. The van der Waals surface area contributed by atoms with Crippen molar-refractivity contribution in [3.63, 3.8) is 0 Å². The molecule has 0 saturated carbocycles. The lowest BCUT2D eigenvalue weighted by Crippen LogP contribution is -2.14. The first kappa shape index (κ1) is 20.7. The summed E-state index contributed by atoms with van der Waals surface area (Å²) in [6.07, 6.45) is 1.12. The summed E-state index contributed by atoms with van der Waals surface area (Å²) in [5.74, 6) is 0. The van der Waals surface area contributed by atoms with Gasteiger partial charge in [0.2, 0.25) is 0 Å². The van der Waals surface area contributed by atoms with Crippen molar-refractivity contribution in [3.8, 4) is 22.3 Å². The summed E-state index contributed by atoms with van der Waals surface area (Å²) in [7, 11) is 0. The summed E-state index contributed by atoms with van der Waals surface area (Å²) in [6.45, 7) is 13.6. The molecule has 0 fully saturated rings. The topological polar surface area (TPSA) is 25.8 Å². The van der Waals surface area contributed by atoms with Gasteiger partial charge in [-0.2, -0.15) is 8.75 Å². The van der Waals surface area contributed by atoms with Crippen LogP contribution in [-0.2, 0) is 10.8 Å². The summed E-state index contributed by atoms with van der Waals surface area (Å²) < 4.78 is 9.31. The molecule has 0 N–H and O–H groups in total. The molecule has 0 saturated heterocycles. The molecule has 4 rings (SSSR count). The maximum Gasteiger partial charge on any atom is 0.113 e. The lowest BCUT2D eigenvalue weighted by atomic mass is 9.81. The fourth-order valence-electron chi connectivity index (χ4n) is 3.79. The highest BCUT2D eigenvalue weighted by Gasteiger charge is 2.19. The third-order valence-corrected chi connectivity index (χ3v) is 6.87. The fraction of sp³-hybridized carbons (Fsp3) is 0.333. The van der Waals surface area contributed by atoms with Crippen molar-refractivity contribution in [2.45, 2.75) is 58.8 Å². The fourth-order valence-corrected chi connectivity index (χ4v) is 4.36. The summed E-state index contributed by atoms with van der Waals surface area (Å²) in [5, 5.41) is 0. The molecule has 0 amide bonds. The van der Waals surface area contributed by atoms with Crippen molar-refractivity contribution in [2.75, 3.05) is 0 Å². The van der Waals surface area contributed by atoms with Gasteiger partial charge in [-0.15, -0.1) is 0 Å². The molecule has 2 nitrogen and oxygen atoms in total. The number of fused-ring (bicyclic) bond motifs is 1. The zero-order chi connectivity index (χ0) is 21.5. The zero-order valence-corrected chi connectivity index (χ0v) is 19.6. The monoisotopic (exact) mass is 414 g/mol. The maximum atomic E-state index is 4.66. The molecule has 3 heteroatoms. The molecule has 0 spiro atoms. The normalized spacial score (nSPS) is 12.5. The van der Waals surface area contributed by atoms with E-state index in [9.17, 15) is 0 Å². The molecule has 0 radical (unpaired) electrons. The summed E-state index contributed by atoms with van der Waals surface area (Å²) in [6, 6.07) is 22.2. The molecule has 0 aliphatic heterocycles. The van der Waals surface area contributed by atoms with Crippen molar-refractivity contribution in [1.29, 1.82) is 0 Å². The summed E-state index contributed by atoms with van der Waals surface area (Å²) >= 11 is 1.29.